The Labute approximate surface area is 206 Å². The molecule has 0 aliphatic rings. The number of anilines is 1. The second-order valence-corrected chi connectivity index (χ2v) is 9.28. The Balaban J connectivity index is 1.45. The molecule has 6 aromatic rings. The van der Waals surface area contributed by atoms with Crippen LogP contribution in [0.2, 0.25) is 0 Å². The lowest BCUT2D eigenvalue weighted by Gasteiger charge is -2.10. The van der Waals surface area contributed by atoms with Crippen molar-refractivity contribution in [3.8, 4) is 33.6 Å². The second kappa shape index (κ2) is 8.57. The number of aryl methyl sites for hydroxylation is 1. The van der Waals surface area contributed by atoms with Crippen LogP contribution in [-0.4, -0.2) is 36.2 Å². The average molecular weight is 478 g/mol. The van der Waals surface area contributed by atoms with Crippen molar-refractivity contribution in [2.24, 2.45) is 0 Å². The molecular weight excluding hydrogens is 453 g/mol. The number of H-pyrrole nitrogens is 2. The molecule has 0 bridgehead atoms. The number of fused-ring (bicyclic) bond motifs is 2. The molecule has 0 radical (unpaired) electrons. The van der Waals surface area contributed by atoms with Crippen molar-refractivity contribution in [3.63, 3.8) is 0 Å². The normalized spacial score (nSPS) is 11.6. The van der Waals surface area contributed by atoms with Crippen LogP contribution in [0.3, 0.4) is 0 Å². The first-order valence-corrected chi connectivity index (χ1v) is 11.8. The van der Waals surface area contributed by atoms with Crippen molar-refractivity contribution in [2.75, 3.05) is 5.32 Å². The van der Waals surface area contributed by atoms with Crippen LogP contribution in [0, 0.1) is 12.7 Å². The fourth-order valence-electron chi connectivity index (χ4n) is 4.58. The van der Waals surface area contributed by atoms with Gasteiger partial charge in [-0.25, -0.2) is 14.4 Å². The van der Waals surface area contributed by atoms with E-state index in [4.69, 9.17) is 0 Å². The molecule has 0 amide bonds. The zero-order valence-corrected chi connectivity index (χ0v) is 20.1. The van der Waals surface area contributed by atoms with E-state index in [0.29, 0.717) is 17.3 Å². The van der Waals surface area contributed by atoms with Gasteiger partial charge in [0.05, 0.1) is 17.1 Å². The molecule has 7 nitrogen and oxygen atoms in total. The predicted molar refractivity (Wildman–Crippen MR) is 141 cm³/mol. The minimum atomic E-state index is -0.258. The summed E-state index contributed by atoms with van der Waals surface area (Å²) >= 11 is 0. The van der Waals surface area contributed by atoms with Crippen molar-refractivity contribution in [1.29, 1.82) is 0 Å². The summed E-state index contributed by atoms with van der Waals surface area (Å²) in [6.45, 7) is 6.07. The zero-order valence-electron chi connectivity index (χ0n) is 20.1. The standard InChI is InChI=1S/C28H24FN7/c1-15(2)33-21-9-18(12-30-14-21)19-10-24-26(35-36-28(24)32-13-19)25-11-23-22(4-5-31-27(23)34-25)17-6-16(3)7-20(29)8-17/h4-15,33H,1-3H3,(H,31,34)(H,32,35,36). The Morgan fingerprint density at radius 1 is 0.889 bits per heavy atom. The molecule has 3 N–H and O–H groups in total. The molecule has 8 heteroatoms. The summed E-state index contributed by atoms with van der Waals surface area (Å²) in [5.74, 6) is -0.258. The number of hydrogen-bond acceptors (Lipinski definition) is 5. The quantitative estimate of drug-likeness (QED) is 0.263. The van der Waals surface area contributed by atoms with E-state index in [9.17, 15) is 4.39 Å². The van der Waals surface area contributed by atoms with Crippen LogP contribution in [0.4, 0.5) is 10.1 Å². The van der Waals surface area contributed by atoms with Gasteiger partial charge in [0.1, 0.15) is 11.5 Å². The molecule has 0 saturated heterocycles. The van der Waals surface area contributed by atoms with Crippen molar-refractivity contribution in [2.45, 2.75) is 26.8 Å². The van der Waals surface area contributed by atoms with Crippen LogP contribution >= 0.6 is 0 Å². The van der Waals surface area contributed by atoms with Crippen LogP contribution in [0.15, 0.2) is 67.3 Å². The van der Waals surface area contributed by atoms with Gasteiger partial charge in [-0.05, 0) is 73.9 Å². The lowest BCUT2D eigenvalue weighted by Crippen LogP contribution is -2.09. The number of aromatic amines is 2. The van der Waals surface area contributed by atoms with E-state index in [-0.39, 0.29) is 5.82 Å². The number of hydrogen-bond donors (Lipinski definition) is 3. The Morgan fingerprint density at radius 3 is 2.58 bits per heavy atom. The van der Waals surface area contributed by atoms with Gasteiger partial charge in [0.2, 0.25) is 0 Å². The topological polar surface area (TPSA) is 95.2 Å². The van der Waals surface area contributed by atoms with Crippen LogP contribution < -0.4 is 5.32 Å². The largest absolute Gasteiger partial charge is 0.382 e. The van der Waals surface area contributed by atoms with Gasteiger partial charge in [-0.3, -0.25) is 10.1 Å². The van der Waals surface area contributed by atoms with E-state index in [0.717, 1.165) is 55.7 Å². The molecule has 0 saturated carbocycles. The van der Waals surface area contributed by atoms with Gasteiger partial charge < -0.3 is 10.3 Å². The maximum absolute atomic E-state index is 14.1. The highest BCUT2D eigenvalue weighted by atomic mass is 19.1. The van der Waals surface area contributed by atoms with Crippen LogP contribution in [-0.2, 0) is 0 Å². The number of aromatic nitrogens is 6. The van der Waals surface area contributed by atoms with E-state index >= 15 is 0 Å². The van der Waals surface area contributed by atoms with Crippen LogP contribution in [0.1, 0.15) is 19.4 Å². The first-order valence-electron chi connectivity index (χ1n) is 11.8. The molecule has 1 aromatic carbocycles. The van der Waals surface area contributed by atoms with E-state index in [2.05, 4.69) is 61.4 Å². The summed E-state index contributed by atoms with van der Waals surface area (Å²) < 4.78 is 14.1. The number of halogens is 1. The molecule has 0 aliphatic heterocycles. The highest BCUT2D eigenvalue weighted by Crippen LogP contribution is 2.34. The highest BCUT2D eigenvalue weighted by molar-refractivity contribution is 5.99. The van der Waals surface area contributed by atoms with Gasteiger partial charge in [0.15, 0.2) is 5.65 Å². The minimum absolute atomic E-state index is 0.258. The molecule has 0 spiro atoms. The van der Waals surface area contributed by atoms with Gasteiger partial charge in [-0.2, -0.15) is 5.10 Å². The number of benzene rings is 1. The second-order valence-electron chi connectivity index (χ2n) is 9.28. The van der Waals surface area contributed by atoms with E-state index in [1.54, 1.807) is 18.5 Å². The average Bonchev–Trinajstić information content (AvgIpc) is 3.46. The molecule has 5 aromatic heterocycles. The van der Waals surface area contributed by atoms with Crippen molar-refractivity contribution < 1.29 is 4.39 Å². The molecule has 5 heterocycles. The van der Waals surface area contributed by atoms with Crippen molar-refractivity contribution >= 4 is 27.8 Å². The first kappa shape index (κ1) is 21.9. The Morgan fingerprint density at radius 2 is 1.75 bits per heavy atom. The fourth-order valence-corrected chi connectivity index (χ4v) is 4.58. The van der Waals surface area contributed by atoms with Gasteiger partial charge in [-0.15, -0.1) is 0 Å². The van der Waals surface area contributed by atoms with Gasteiger partial charge in [0.25, 0.3) is 0 Å². The minimum Gasteiger partial charge on any atom is -0.382 e. The molecule has 6 rings (SSSR count). The molecule has 178 valence electrons. The first-order chi connectivity index (χ1) is 17.4. The molecule has 36 heavy (non-hydrogen) atoms. The Bertz CT molecular complexity index is 1710. The SMILES string of the molecule is Cc1cc(F)cc(-c2ccnc3[nH]c(-c4[nH]nc5ncc(-c6cncc(NC(C)C)c6)cc45)cc23)c1. The maximum atomic E-state index is 14.1. The van der Waals surface area contributed by atoms with Crippen molar-refractivity contribution in [3.05, 3.63) is 78.6 Å². The van der Waals surface area contributed by atoms with E-state index in [1.165, 1.54) is 6.07 Å². The fraction of sp³-hybridized carbons (Fsp3) is 0.143. The summed E-state index contributed by atoms with van der Waals surface area (Å²) in [7, 11) is 0. The summed E-state index contributed by atoms with van der Waals surface area (Å²) in [6.07, 6.45) is 7.18. The number of rotatable bonds is 5. The number of nitrogens with one attached hydrogen (secondary N) is 3. The summed E-state index contributed by atoms with van der Waals surface area (Å²) in [4.78, 5) is 16.9. The summed E-state index contributed by atoms with van der Waals surface area (Å²) in [5, 5.41) is 12.7. The molecule has 0 atom stereocenters. The number of nitrogens with zero attached hydrogens (tertiary/aromatic N) is 4. The highest BCUT2D eigenvalue weighted by Gasteiger charge is 2.16. The Hall–Kier alpha value is -4.59. The third kappa shape index (κ3) is 3.96. The smallest absolute Gasteiger partial charge is 0.181 e. The summed E-state index contributed by atoms with van der Waals surface area (Å²) in [5.41, 5.74) is 8.41. The third-order valence-corrected chi connectivity index (χ3v) is 6.09. The summed E-state index contributed by atoms with van der Waals surface area (Å²) in [6, 6.07) is 13.4. The number of pyridine rings is 3. The Kier molecular flexibility index (Phi) is 5.21. The molecule has 0 fully saturated rings. The third-order valence-electron chi connectivity index (χ3n) is 6.09. The van der Waals surface area contributed by atoms with Gasteiger partial charge in [0, 0.05) is 52.7 Å². The predicted octanol–water partition coefficient (Wildman–Crippen LogP) is 6.50. The maximum Gasteiger partial charge on any atom is 0.181 e. The monoisotopic (exact) mass is 477 g/mol. The molecule has 0 unspecified atom stereocenters. The van der Waals surface area contributed by atoms with Crippen LogP contribution in [0.25, 0.3) is 55.7 Å². The van der Waals surface area contributed by atoms with Gasteiger partial charge >= 0.3 is 0 Å². The lowest BCUT2D eigenvalue weighted by atomic mass is 10.0. The van der Waals surface area contributed by atoms with Crippen LogP contribution in [0.5, 0.6) is 0 Å². The van der Waals surface area contributed by atoms with Crippen molar-refractivity contribution in [1.82, 2.24) is 30.1 Å². The molecular formula is C28H24FN7. The lowest BCUT2D eigenvalue weighted by molar-refractivity contribution is 0.627. The van der Waals surface area contributed by atoms with E-state index in [1.807, 2.05) is 37.5 Å². The van der Waals surface area contributed by atoms with E-state index < -0.39 is 0 Å². The van der Waals surface area contributed by atoms with Gasteiger partial charge in [-0.1, -0.05) is 6.07 Å². The zero-order chi connectivity index (χ0) is 24.8. The molecule has 0 aliphatic carbocycles.